The van der Waals surface area contributed by atoms with E-state index in [9.17, 15) is 4.79 Å². The summed E-state index contributed by atoms with van der Waals surface area (Å²) in [5, 5.41) is 2.58. The van der Waals surface area contributed by atoms with Gasteiger partial charge in [-0.05, 0) is 0 Å². The topological polar surface area (TPSA) is 29.1 Å². The van der Waals surface area contributed by atoms with Gasteiger partial charge in [-0.25, -0.2) is 0 Å². The molecule has 0 saturated carbocycles. The average molecular weight is 331 g/mol. The first-order valence-electron chi connectivity index (χ1n) is 1.75. The summed E-state index contributed by atoms with van der Waals surface area (Å²) in [6.07, 6.45) is 1.27. The maximum atomic E-state index is 10.2. The van der Waals surface area contributed by atoms with E-state index in [1.54, 1.807) is 0 Å². The second kappa shape index (κ2) is 2.45. The molecule has 0 fully saturated rings. The minimum atomic E-state index is -0.0871. The molecule has 0 aliphatic carbocycles. The van der Waals surface area contributed by atoms with Crippen LogP contribution in [0.2, 0.25) is 0 Å². The van der Waals surface area contributed by atoms with Crippen LogP contribution < -0.4 is 5.32 Å². The molecular formula is C4H6CmNO. The summed E-state index contributed by atoms with van der Waals surface area (Å²) in [4.78, 5) is 10.2. The van der Waals surface area contributed by atoms with Gasteiger partial charge >= 0.3 is 35.7 Å². The molecule has 0 saturated heterocycles. The average Bonchev–Trinajstić information content (AvgIpc) is 1.68. The van der Waals surface area contributed by atoms with E-state index >= 15 is 0 Å². The standard InChI is InChI=1S/C4H6NO.Cm/c1-3-4(6)5-2;/h3H,1-2H2,(H,5,6);. The Morgan fingerprint density at radius 3 is 2.71 bits per heavy atom. The Labute approximate surface area is 36.9 Å². The third-order valence-corrected chi connectivity index (χ3v) is 0.943. The Morgan fingerprint density at radius 2 is 2.57 bits per heavy atom. The fraction of sp³-hybridized carbons (Fsp3) is 0.250. The zero-order valence-electron chi connectivity index (χ0n) is 3.75. The number of nitrogens with one attached hydrogen (secondary N) is 1. The Morgan fingerprint density at radius 1 is 2.00 bits per heavy atom. The molecule has 0 unspecified atom stereocenters. The number of carbonyl (C=O) groups excluding carboxylic acids is 1. The van der Waals surface area contributed by atoms with Gasteiger partial charge in [-0.15, -0.1) is 0 Å². The summed E-state index contributed by atoms with van der Waals surface area (Å²) < 4.78 is 1.33. The fourth-order valence-corrected chi connectivity index (χ4v) is 0.647. The van der Waals surface area contributed by atoms with Crippen LogP contribution in [0, 0.1) is 0 Å². The summed E-state index contributed by atoms with van der Waals surface area (Å²) >= 11 is 0. The molecule has 0 aliphatic heterocycles. The van der Waals surface area contributed by atoms with Crippen LogP contribution in [0.3, 0.4) is 0 Å². The fourth-order valence-electron chi connectivity index (χ4n) is 0.134. The molecule has 0 aliphatic rings. The molecule has 2 nitrogen and oxygen atoms in total. The van der Waals surface area contributed by atoms with Crippen molar-refractivity contribution < 1.29 is 4.79 Å². The van der Waals surface area contributed by atoms with Crippen molar-refractivity contribution in [2.75, 3.05) is 7.05 Å². The van der Waals surface area contributed by atoms with E-state index in [-0.39, 0.29) is 5.91 Å². The van der Waals surface area contributed by atoms with Crippen molar-refractivity contribution in [1.29, 1.82) is 0 Å². The van der Waals surface area contributed by atoms with Gasteiger partial charge in [0.25, 0.3) is 0 Å². The summed E-state index contributed by atoms with van der Waals surface area (Å²) in [6, 6.07) is 0. The number of rotatable bonds is 2. The molecule has 0 aromatic rings. The van der Waals surface area contributed by atoms with E-state index in [0.29, 0.717) is 0 Å². The van der Waals surface area contributed by atoms with Crippen LogP contribution in [-0.4, -0.2) is 13.0 Å². The van der Waals surface area contributed by atoms with Crippen molar-refractivity contribution in [3.8, 4) is 0 Å². The van der Waals surface area contributed by atoms with E-state index < -0.39 is 0 Å². The number of carbonyl (C=O) groups is 1. The van der Waals surface area contributed by atoms with E-state index in [4.69, 9.17) is 0 Å². The number of hydrogen-bond donors (Lipinski definition) is 1. The molecule has 7 heavy (non-hydrogen) atoms. The van der Waals surface area contributed by atoms with Crippen molar-refractivity contribution in [2.24, 2.45) is 0 Å². The maximum absolute atomic E-state index is 10.2. The first-order chi connectivity index (χ1) is 3.31. The third kappa shape index (κ3) is 2.00. The molecule has 0 atom stereocenters. The molecule has 1 amide bonds. The molecule has 1 N–H and O–H groups in total. The Kier molecular flexibility index (Phi) is 1.82. The zero-order chi connectivity index (χ0) is 5.70. The van der Waals surface area contributed by atoms with Gasteiger partial charge < -0.3 is 0 Å². The van der Waals surface area contributed by atoms with Crippen molar-refractivity contribution >= 4 is 5.91 Å². The van der Waals surface area contributed by atoms with Crippen molar-refractivity contribution in [2.45, 2.75) is 0 Å². The van der Waals surface area contributed by atoms with E-state index in [2.05, 4.69) is 11.9 Å². The molecule has 3 heteroatoms. The minimum absolute atomic E-state index is 0.0871. The monoisotopic (exact) mass is 327 g/mol. The second-order valence-electron chi connectivity index (χ2n) is 0.870. The Balaban J connectivity index is 3.17. The van der Waals surface area contributed by atoms with Crippen molar-refractivity contribution in [3.05, 3.63) is 12.7 Å². The molecule has 0 bridgehead atoms. The first-order valence-corrected chi connectivity index (χ1v) is 3.84. The quantitative estimate of drug-likeness (QED) is 0.698. The molecular weight excluding hydrogens is 325 g/mol. The predicted octanol–water partition coefficient (Wildman–Crippen LogP) is -0.205. The van der Waals surface area contributed by atoms with Crippen LogP contribution in [0.1, 0.15) is 0 Å². The molecule has 0 radical (unpaired) electrons. The molecule has 0 rings (SSSR count). The van der Waals surface area contributed by atoms with Gasteiger partial charge in [0.15, 0.2) is 0 Å². The van der Waals surface area contributed by atoms with Gasteiger partial charge in [0, 0.05) is 0 Å². The summed E-state index contributed by atoms with van der Waals surface area (Å²) in [7, 11) is 0.758. The van der Waals surface area contributed by atoms with Gasteiger partial charge in [0.05, 0.1) is 0 Å². The SMILES string of the molecule is C=CC(=O)N[CH2][Cm]. The van der Waals surface area contributed by atoms with Gasteiger partial charge in [-0.1, -0.05) is 0 Å². The van der Waals surface area contributed by atoms with Crippen LogP contribution in [0.15, 0.2) is 12.7 Å². The normalized spacial score (nSPS) is 7.71. The number of amides is 1. The second-order valence-corrected chi connectivity index (χ2v) is 1.91. The molecule has 0 heterocycles. The first kappa shape index (κ1) is 5.21. The van der Waals surface area contributed by atoms with Crippen molar-refractivity contribution in [3.63, 3.8) is 0 Å². The Bertz CT molecular complexity index is 81.8. The Hall–Kier alpha value is -1.79. The summed E-state index contributed by atoms with van der Waals surface area (Å²) in [5.41, 5.74) is 0. The predicted molar refractivity (Wildman–Crippen MR) is 23.2 cm³/mol. The van der Waals surface area contributed by atoms with Crippen LogP contribution in [-0.2, 0) is 4.79 Å². The molecule has 0 spiro atoms. The van der Waals surface area contributed by atoms with Gasteiger partial charge in [-0.2, -0.15) is 0 Å². The molecule has 0 aromatic carbocycles. The summed E-state index contributed by atoms with van der Waals surface area (Å²) in [6.45, 7) is 3.28. The van der Waals surface area contributed by atoms with Crippen molar-refractivity contribution in [1.82, 2.24) is 5.32 Å². The van der Waals surface area contributed by atoms with Crippen LogP contribution >= 0.6 is 0 Å². The van der Waals surface area contributed by atoms with E-state index in [1.807, 2.05) is 0 Å². The zero-order valence-corrected chi connectivity index (χ0v) is 6.70. The molecule has 0 aromatic heterocycles. The van der Waals surface area contributed by atoms with E-state index in [1.165, 1.54) is 6.08 Å². The van der Waals surface area contributed by atoms with Crippen LogP contribution in [0.5, 0.6) is 0 Å². The van der Waals surface area contributed by atoms with Crippen LogP contribution in [0.4, 0.5) is 0 Å². The summed E-state index contributed by atoms with van der Waals surface area (Å²) in [5.74, 6) is -0.0871. The van der Waals surface area contributed by atoms with Gasteiger partial charge in [0.1, 0.15) is 0 Å². The number of hydrogen-bond acceptors (Lipinski definition) is 1. The molecule has 41 valence electrons. The third-order valence-electron chi connectivity index (χ3n) is 0.422. The van der Waals surface area contributed by atoms with E-state index in [0.717, 1.165) is 7.05 Å². The van der Waals surface area contributed by atoms with Crippen LogP contribution in [0.25, 0.3) is 0 Å². The van der Waals surface area contributed by atoms with Gasteiger partial charge in [0.2, 0.25) is 0 Å². The van der Waals surface area contributed by atoms with Gasteiger partial charge in [-0.3, -0.25) is 0 Å².